The van der Waals surface area contributed by atoms with E-state index in [1.165, 1.54) is 37.6 Å². The predicted octanol–water partition coefficient (Wildman–Crippen LogP) is 4.33. The molecular weight excluding hydrogens is 439 g/mol. The molecule has 0 fully saturated rings. The number of hydrogen-bond donors (Lipinski definition) is 2. The molecule has 0 aliphatic heterocycles. The molecule has 7 nitrogen and oxygen atoms in total. The normalized spacial score (nSPS) is 11.1. The lowest BCUT2D eigenvalue weighted by atomic mass is 10.1. The molecule has 3 rings (SSSR count). The average Bonchev–Trinajstić information content (AvgIpc) is 3.21. The summed E-state index contributed by atoms with van der Waals surface area (Å²) in [5.41, 5.74) is 0.228. The number of sulfonamides is 1. The Morgan fingerprint density at radius 2 is 1.83 bits per heavy atom. The highest BCUT2D eigenvalue weighted by Gasteiger charge is 2.24. The van der Waals surface area contributed by atoms with Crippen molar-refractivity contribution in [2.45, 2.75) is 11.4 Å². The predicted molar refractivity (Wildman–Crippen MR) is 110 cm³/mol. The highest BCUT2D eigenvalue weighted by atomic mass is 35.5. The van der Waals surface area contributed by atoms with Crippen LogP contribution in [0.1, 0.15) is 16.1 Å². The van der Waals surface area contributed by atoms with Gasteiger partial charge in [-0.15, -0.1) is 0 Å². The quantitative estimate of drug-likeness (QED) is 0.553. The molecule has 0 bridgehead atoms. The van der Waals surface area contributed by atoms with Gasteiger partial charge in [0.15, 0.2) is 0 Å². The van der Waals surface area contributed by atoms with Crippen LogP contribution in [-0.2, 0) is 16.6 Å². The second-order valence-corrected chi connectivity index (χ2v) is 8.21. The van der Waals surface area contributed by atoms with Gasteiger partial charge in [0.2, 0.25) is 0 Å². The molecule has 0 radical (unpaired) electrons. The smallest absolute Gasteiger partial charge is 0.263 e. The summed E-state index contributed by atoms with van der Waals surface area (Å²) >= 11 is 12.2. The van der Waals surface area contributed by atoms with Crippen molar-refractivity contribution in [1.82, 2.24) is 5.32 Å². The third-order valence-electron chi connectivity index (χ3n) is 3.94. The summed E-state index contributed by atoms with van der Waals surface area (Å²) in [6, 6.07) is 12.3. The third kappa shape index (κ3) is 4.67. The highest BCUT2D eigenvalue weighted by Crippen LogP contribution is 2.37. The Morgan fingerprint density at radius 1 is 1.07 bits per heavy atom. The Balaban J connectivity index is 1.86. The van der Waals surface area contributed by atoms with E-state index in [-0.39, 0.29) is 38.5 Å². The van der Waals surface area contributed by atoms with Crippen LogP contribution in [0.4, 0.5) is 5.69 Å². The van der Waals surface area contributed by atoms with Crippen LogP contribution in [0.25, 0.3) is 0 Å². The van der Waals surface area contributed by atoms with Crippen molar-refractivity contribution < 1.29 is 22.4 Å². The van der Waals surface area contributed by atoms with Gasteiger partial charge >= 0.3 is 0 Å². The first-order valence-corrected chi connectivity index (χ1v) is 10.5. The maximum atomic E-state index is 12.9. The van der Waals surface area contributed by atoms with Crippen LogP contribution in [-0.4, -0.2) is 21.4 Å². The SMILES string of the molecule is COc1ccc(S(=O)(=O)Nc2ccccc2C(=O)NCc2ccco2)c(Cl)c1Cl. The minimum atomic E-state index is -4.13. The van der Waals surface area contributed by atoms with E-state index in [1.54, 1.807) is 24.3 Å². The molecule has 0 saturated carbocycles. The fraction of sp³-hybridized carbons (Fsp3) is 0.105. The number of methoxy groups -OCH3 is 1. The van der Waals surface area contributed by atoms with Crippen LogP contribution in [0.15, 0.2) is 64.1 Å². The Labute approximate surface area is 177 Å². The van der Waals surface area contributed by atoms with Crippen LogP contribution in [0.3, 0.4) is 0 Å². The zero-order valence-electron chi connectivity index (χ0n) is 15.1. The number of hydrogen-bond acceptors (Lipinski definition) is 5. The van der Waals surface area contributed by atoms with Gasteiger partial charge in [0.25, 0.3) is 15.9 Å². The number of ether oxygens (including phenoxy) is 1. The number of halogens is 2. The summed E-state index contributed by atoms with van der Waals surface area (Å²) in [4.78, 5) is 12.3. The van der Waals surface area contributed by atoms with Crippen LogP contribution in [0.5, 0.6) is 5.75 Å². The van der Waals surface area contributed by atoms with Gasteiger partial charge in [0.05, 0.1) is 36.2 Å². The number of benzene rings is 2. The first-order valence-electron chi connectivity index (χ1n) is 8.28. The molecule has 0 aliphatic rings. The maximum absolute atomic E-state index is 12.9. The average molecular weight is 455 g/mol. The Morgan fingerprint density at radius 3 is 2.52 bits per heavy atom. The van der Waals surface area contributed by atoms with Gasteiger partial charge < -0.3 is 14.5 Å². The minimum Gasteiger partial charge on any atom is -0.495 e. The summed E-state index contributed by atoms with van der Waals surface area (Å²) in [7, 11) is -2.74. The Kier molecular flexibility index (Phi) is 6.36. The molecule has 0 atom stereocenters. The first-order chi connectivity index (χ1) is 13.8. The van der Waals surface area contributed by atoms with E-state index in [2.05, 4.69) is 10.0 Å². The van der Waals surface area contributed by atoms with Crippen molar-refractivity contribution in [2.75, 3.05) is 11.8 Å². The number of carbonyl (C=O) groups excluding carboxylic acids is 1. The largest absolute Gasteiger partial charge is 0.495 e. The Bertz CT molecular complexity index is 1130. The molecule has 0 spiro atoms. The van der Waals surface area contributed by atoms with Crippen LogP contribution in [0, 0.1) is 0 Å². The van der Waals surface area contributed by atoms with Crippen molar-refractivity contribution in [3.63, 3.8) is 0 Å². The number of carbonyl (C=O) groups is 1. The molecule has 29 heavy (non-hydrogen) atoms. The van der Waals surface area contributed by atoms with Gasteiger partial charge in [-0.2, -0.15) is 0 Å². The molecule has 2 aromatic carbocycles. The van der Waals surface area contributed by atoms with Crippen molar-refractivity contribution in [3.05, 3.63) is 76.2 Å². The summed E-state index contributed by atoms with van der Waals surface area (Å²) < 4.78 is 38.3. The zero-order valence-corrected chi connectivity index (χ0v) is 17.4. The van der Waals surface area contributed by atoms with Gasteiger partial charge in [-0.1, -0.05) is 35.3 Å². The zero-order chi connectivity index (χ0) is 21.0. The molecule has 3 aromatic rings. The number of rotatable bonds is 7. The van der Waals surface area contributed by atoms with Gasteiger partial charge in [0.1, 0.15) is 21.4 Å². The van der Waals surface area contributed by atoms with Crippen molar-refractivity contribution in [1.29, 1.82) is 0 Å². The number of para-hydroxylation sites is 1. The van der Waals surface area contributed by atoms with E-state index >= 15 is 0 Å². The van der Waals surface area contributed by atoms with Crippen LogP contribution in [0.2, 0.25) is 10.0 Å². The molecule has 1 heterocycles. The van der Waals surface area contributed by atoms with Gasteiger partial charge in [-0.05, 0) is 36.4 Å². The van der Waals surface area contributed by atoms with E-state index in [9.17, 15) is 13.2 Å². The second-order valence-electron chi connectivity index (χ2n) is 5.81. The van der Waals surface area contributed by atoms with Crippen molar-refractivity contribution in [3.8, 4) is 5.75 Å². The monoisotopic (exact) mass is 454 g/mol. The number of nitrogens with one attached hydrogen (secondary N) is 2. The van der Waals surface area contributed by atoms with Crippen molar-refractivity contribution in [2.24, 2.45) is 0 Å². The van der Waals surface area contributed by atoms with Crippen LogP contribution < -0.4 is 14.8 Å². The van der Waals surface area contributed by atoms with E-state index in [1.807, 2.05) is 0 Å². The lowest BCUT2D eigenvalue weighted by Gasteiger charge is -2.14. The highest BCUT2D eigenvalue weighted by molar-refractivity contribution is 7.92. The summed E-state index contributed by atoms with van der Waals surface area (Å²) in [5.74, 6) is 0.336. The molecular formula is C19H16Cl2N2O5S. The molecule has 2 N–H and O–H groups in total. The Hall–Kier alpha value is -2.68. The third-order valence-corrected chi connectivity index (χ3v) is 6.32. The van der Waals surface area contributed by atoms with E-state index < -0.39 is 15.9 Å². The number of amides is 1. The van der Waals surface area contributed by atoms with Crippen LogP contribution >= 0.6 is 23.2 Å². The van der Waals surface area contributed by atoms with E-state index in [4.69, 9.17) is 32.4 Å². The lowest BCUT2D eigenvalue weighted by Crippen LogP contribution is -2.24. The van der Waals surface area contributed by atoms with Gasteiger partial charge in [-0.25, -0.2) is 8.42 Å². The second kappa shape index (κ2) is 8.77. The van der Waals surface area contributed by atoms with E-state index in [0.717, 1.165) is 0 Å². The number of furan rings is 1. The molecule has 1 amide bonds. The molecule has 152 valence electrons. The summed E-state index contributed by atoms with van der Waals surface area (Å²) in [6.07, 6.45) is 1.49. The fourth-order valence-corrected chi connectivity index (χ4v) is 4.45. The molecule has 0 aliphatic carbocycles. The first kappa shape index (κ1) is 21.0. The minimum absolute atomic E-state index is 0.0264. The van der Waals surface area contributed by atoms with Crippen molar-refractivity contribution >= 4 is 44.8 Å². The van der Waals surface area contributed by atoms with E-state index in [0.29, 0.717) is 5.76 Å². The summed E-state index contributed by atoms with van der Waals surface area (Å²) in [5, 5.41) is 2.46. The topological polar surface area (TPSA) is 97.6 Å². The maximum Gasteiger partial charge on any atom is 0.263 e. The van der Waals surface area contributed by atoms with Gasteiger partial charge in [-0.3, -0.25) is 9.52 Å². The molecule has 1 aromatic heterocycles. The standard InChI is InChI=1S/C19H16Cl2N2O5S/c1-27-15-8-9-16(18(21)17(15)20)29(25,26)23-14-7-3-2-6-13(14)19(24)22-11-12-5-4-10-28-12/h2-10,23H,11H2,1H3,(H,22,24). The molecule has 10 heteroatoms. The van der Waals surface area contributed by atoms with Gasteiger partial charge in [0, 0.05) is 0 Å². The number of anilines is 1. The summed E-state index contributed by atoms with van der Waals surface area (Å²) in [6.45, 7) is 0.160. The molecule has 0 unspecified atom stereocenters. The molecule has 0 saturated heterocycles. The lowest BCUT2D eigenvalue weighted by molar-refractivity contribution is 0.0949. The fourth-order valence-electron chi connectivity index (χ4n) is 2.52.